The molecule has 34 heavy (non-hydrogen) atoms. The van der Waals surface area contributed by atoms with Crippen molar-refractivity contribution in [3.05, 3.63) is 95.9 Å². The number of phenols is 1. The molecule has 1 unspecified atom stereocenters. The SMILES string of the molecule is CC(=N)c1cc(-c2cc(NC(CO)c3ccccc3)cnc2-c2c(O)cccc2F)ccc1N. The van der Waals surface area contributed by atoms with Crippen molar-refractivity contribution in [3.63, 3.8) is 0 Å². The van der Waals surface area contributed by atoms with E-state index in [1.807, 2.05) is 30.3 Å². The number of anilines is 2. The van der Waals surface area contributed by atoms with E-state index >= 15 is 0 Å². The summed E-state index contributed by atoms with van der Waals surface area (Å²) in [4.78, 5) is 4.50. The number of aliphatic hydroxyl groups is 1. The Balaban J connectivity index is 1.87. The van der Waals surface area contributed by atoms with E-state index in [0.717, 1.165) is 5.56 Å². The van der Waals surface area contributed by atoms with Gasteiger partial charge in [-0.1, -0.05) is 42.5 Å². The van der Waals surface area contributed by atoms with Gasteiger partial charge in [0.15, 0.2) is 0 Å². The van der Waals surface area contributed by atoms with Crippen LogP contribution in [-0.2, 0) is 0 Å². The fourth-order valence-electron chi connectivity index (χ4n) is 3.88. The van der Waals surface area contributed by atoms with Gasteiger partial charge in [0.05, 0.1) is 35.8 Å². The van der Waals surface area contributed by atoms with E-state index in [0.29, 0.717) is 33.8 Å². The second-order valence-corrected chi connectivity index (χ2v) is 7.97. The number of rotatable bonds is 7. The van der Waals surface area contributed by atoms with Gasteiger partial charge in [-0.05, 0) is 48.4 Å². The molecule has 1 atom stereocenters. The largest absolute Gasteiger partial charge is 0.507 e. The summed E-state index contributed by atoms with van der Waals surface area (Å²) in [6.45, 7) is 1.50. The van der Waals surface area contributed by atoms with E-state index in [9.17, 15) is 14.6 Å². The number of pyridine rings is 1. The fraction of sp³-hybridized carbons (Fsp3) is 0.111. The van der Waals surface area contributed by atoms with Crippen molar-refractivity contribution in [1.29, 1.82) is 5.41 Å². The molecule has 172 valence electrons. The minimum atomic E-state index is -0.606. The van der Waals surface area contributed by atoms with Gasteiger partial charge in [-0.15, -0.1) is 0 Å². The predicted octanol–water partition coefficient (Wildman–Crippen LogP) is 5.38. The Morgan fingerprint density at radius 2 is 1.85 bits per heavy atom. The Bertz CT molecular complexity index is 1320. The van der Waals surface area contributed by atoms with Gasteiger partial charge < -0.3 is 26.7 Å². The monoisotopic (exact) mass is 456 g/mol. The van der Waals surface area contributed by atoms with Crippen molar-refractivity contribution >= 4 is 17.1 Å². The first kappa shape index (κ1) is 22.9. The van der Waals surface area contributed by atoms with Gasteiger partial charge in [-0.2, -0.15) is 0 Å². The molecule has 0 fully saturated rings. The summed E-state index contributed by atoms with van der Waals surface area (Å²) >= 11 is 0. The number of aromatic hydroxyl groups is 1. The van der Waals surface area contributed by atoms with E-state index < -0.39 is 5.82 Å². The van der Waals surface area contributed by atoms with Gasteiger partial charge in [-0.3, -0.25) is 4.98 Å². The van der Waals surface area contributed by atoms with Crippen LogP contribution in [0.4, 0.5) is 15.8 Å². The molecule has 0 amide bonds. The van der Waals surface area contributed by atoms with Gasteiger partial charge in [0.2, 0.25) is 0 Å². The second kappa shape index (κ2) is 9.72. The number of aromatic nitrogens is 1. The number of phenolic OH excluding ortho intramolecular Hbond substituents is 1. The predicted molar refractivity (Wildman–Crippen MR) is 134 cm³/mol. The van der Waals surface area contributed by atoms with Gasteiger partial charge in [-0.25, -0.2) is 4.39 Å². The highest BCUT2D eigenvalue weighted by Gasteiger charge is 2.19. The minimum absolute atomic E-state index is 0.0178. The highest BCUT2D eigenvalue weighted by atomic mass is 19.1. The maximum absolute atomic E-state index is 14.8. The first-order valence-corrected chi connectivity index (χ1v) is 10.7. The molecular formula is C27H25FN4O2. The lowest BCUT2D eigenvalue weighted by atomic mass is 9.95. The van der Waals surface area contributed by atoms with Crippen LogP contribution in [0.2, 0.25) is 0 Å². The standard InChI is InChI=1S/C27H25FN4O2/c1-16(29)20-12-18(10-11-23(20)30)21-13-19(32-24(15-33)17-6-3-2-4-7-17)14-31-27(21)26-22(28)8-5-9-25(26)34/h2-14,24,29,32-34H,15,30H2,1H3. The lowest BCUT2D eigenvalue weighted by Gasteiger charge is -2.20. The normalized spacial score (nSPS) is 11.7. The molecule has 1 heterocycles. The third-order valence-electron chi connectivity index (χ3n) is 5.61. The van der Waals surface area contributed by atoms with Gasteiger partial charge in [0.25, 0.3) is 0 Å². The topological polar surface area (TPSA) is 115 Å². The van der Waals surface area contributed by atoms with Crippen molar-refractivity contribution in [1.82, 2.24) is 4.98 Å². The molecule has 6 N–H and O–H groups in total. The zero-order valence-electron chi connectivity index (χ0n) is 18.6. The van der Waals surface area contributed by atoms with Crippen LogP contribution in [0, 0.1) is 11.2 Å². The van der Waals surface area contributed by atoms with E-state index in [2.05, 4.69) is 10.3 Å². The van der Waals surface area contributed by atoms with E-state index in [4.69, 9.17) is 11.1 Å². The maximum Gasteiger partial charge on any atom is 0.136 e. The van der Waals surface area contributed by atoms with E-state index in [1.54, 1.807) is 31.2 Å². The molecular weight excluding hydrogens is 431 g/mol. The summed E-state index contributed by atoms with van der Waals surface area (Å²) in [6, 6.07) is 20.2. The Hall–Kier alpha value is -4.23. The molecule has 0 saturated carbocycles. The molecule has 0 aliphatic rings. The van der Waals surface area contributed by atoms with Crippen LogP contribution < -0.4 is 11.1 Å². The van der Waals surface area contributed by atoms with Gasteiger partial charge in [0.1, 0.15) is 11.6 Å². The van der Waals surface area contributed by atoms with Crippen LogP contribution in [0.3, 0.4) is 0 Å². The molecule has 6 nitrogen and oxygen atoms in total. The summed E-state index contributed by atoms with van der Waals surface area (Å²) in [5.74, 6) is -0.836. The van der Waals surface area contributed by atoms with Crippen LogP contribution >= 0.6 is 0 Å². The number of hydrogen-bond donors (Lipinski definition) is 5. The molecule has 1 aromatic heterocycles. The number of benzene rings is 3. The maximum atomic E-state index is 14.8. The van der Waals surface area contributed by atoms with Crippen LogP contribution in [0.5, 0.6) is 5.75 Å². The van der Waals surface area contributed by atoms with E-state index in [1.165, 1.54) is 24.4 Å². The lowest BCUT2D eigenvalue weighted by molar-refractivity contribution is 0.276. The molecule has 7 heteroatoms. The Morgan fingerprint density at radius 1 is 1.09 bits per heavy atom. The lowest BCUT2D eigenvalue weighted by Crippen LogP contribution is -2.15. The number of nitrogens with zero attached hydrogens (tertiary/aromatic N) is 1. The Kier molecular flexibility index (Phi) is 6.56. The Morgan fingerprint density at radius 3 is 2.53 bits per heavy atom. The Labute approximate surface area is 197 Å². The third kappa shape index (κ3) is 4.60. The summed E-state index contributed by atoms with van der Waals surface area (Å²) in [5.41, 5.74) is 10.3. The molecule has 0 aliphatic heterocycles. The quantitative estimate of drug-likeness (QED) is 0.189. The average molecular weight is 457 g/mol. The molecule has 0 saturated heterocycles. The first-order valence-electron chi connectivity index (χ1n) is 10.7. The zero-order chi connectivity index (χ0) is 24.2. The third-order valence-corrected chi connectivity index (χ3v) is 5.61. The van der Waals surface area contributed by atoms with Crippen LogP contribution in [0.1, 0.15) is 24.1 Å². The number of aliphatic hydroxyl groups excluding tert-OH is 1. The molecule has 3 aromatic carbocycles. The van der Waals surface area contributed by atoms with Crippen LogP contribution in [0.15, 0.2) is 79.0 Å². The number of nitrogens with two attached hydrogens (primary N) is 1. The van der Waals surface area contributed by atoms with Gasteiger partial charge in [0, 0.05) is 22.5 Å². The molecule has 4 rings (SSSR count). The van der Waals surface area contributed by atoms with Crippen molar-refractivity contribution in [2.75, 3.05) is 17.7 Å². The first-order chi connectivity index (χ1) is 16.4. The zero-order valence-corrected chi connectivity index (χ0v) is 18.6. The molecule has 4 aromatic rings. The van der Waals surface area contributed by atoms with Crippen molar-refractivity contribution in [3.8, 4) is 28.1 Å². The van der Waals surface area contributed by atoms with E-state index in [-0.39, 0.29) is 29.7 Å². The molecule has 0 aliphatic carbocycles. The summed E-state index contributed by atoms with van der Waals surface area (Å²) < 4.78 is 14.8. The number of hydrogen-bond acceptors (Lipinski definition) is 6. The molecule has 0 radical (unpaired) electrons. The molecule has 0 bridgehead atoms. The van der Waals surface area contributed by atoms with Crippen molar-refractivity contribution in [2.24, 2.45) is 0 Å². The van der Waals surface area contributed by atoms with Crippen LogP contribution in [0.25, 0.3) is 22.4 Å². The summed E-state index contributed by atoms with van der Waals surface area (Å²) in [5, 5.41) is 31.7. The number of nitrogen functional groups attached to an aromatic ring is 1. The average Bonchev–Trinajstić information content (AvgIpc) is 2.83. The van der Waals surface area contributed by atoms with Crippen molar-refractivity contribution in [2.45, 2.75) is 13.0 Å². The highest BCUT2D eigenvalue weighted by Crippen LogP contribution is 2.39. The minimum Gasteiger partial charge on any atom is -0.507 e. The summed E-state index contributed by atoms with van der Waals surface area (Å²) in [7, 11) is 0. The smallest absolute Gasteiger partial charge is 0.136 e. The highest BCUT2D eigenvalue weighted by molar-refractivity contribution is 6.02. The number of nitrogens with one attached hydrogen (secondary N) is 2. The van der Waals surface area contributed by atoms with Crippen molar-refractivity contribution < 1.29 is 14.6 Å². The van der Waals surface area contributed by atoms with Gasteiger partial charge >= 0.3 is 0 Å². The van der Waals surface area contributed by atoms with Crippen LogP contribution in [-0.4, -0.2) is 27.5 Å². The fourth-order valence-corrected chi connectivity index (χ4v) is 3.88. The number of halogens is 1. The molecule has 0 spiro atoms. The second-order valence-electron chi connectivity index (χ2n) is 7.97. The summed E-state index contributed by atoms with van der Waals surface area (Å²) in [6.07, 6.45) is 1.54.